The second-order valence-corrected chi connectivity index (χ2v) is 4.42. The van der Waals surface area contributed by atoms with Gasteiger partial charge >= 0.3 is 6.03 Å². The van der Waals surface area contributed by atoms with E-state index in [9.17, 15) is 14.0 Å². The number of fused-ring (bicyclic) bond motifs is 1. The lowest BCUT2D eigenvalue weighted by molar-refractivity contribution is -0.120. The van der Waals surface area contributed by atoms with E-state index in [2.05, 4.69) is 15.5 Å². The minimum absolute atomic E-state index is 0.203. The molecule has 6 nitrogen and oxygen atoms in total. The molecule has 1 aliphatic rings. The molecule has 1 aromatic heterocycles. The lowest BCUT2D eigenvalue weighted by Crippen LogP contribution is -2.49. The number of nitrogens with zero attached hydrogens (tertiary/aromatic N) is 2. The van der Waals surface area contributed by atoms with Crippen LogP contribution >= 0.6 is 0 Å². The minimum atomic E-state index is -0.536. The number of anilines is 1. The number of halogens is 1. The summed E-state index contributed by atoms with van der Waals surface area (Å²) in [6, 6.07) is 2.80. The lowest BCUT2D eigenvalue weighted by atomic mass is 10.1. The predicted molar refractivity (Wildman–Crippen MR) is 66.3 cm³/mol. The number of amides is 3. The van der Waals surface area contributed by atoms with Gasteiger partial charge in [0, 0.05) is 18.4 Å². The number of carbonyl (C=O) groups is 2. The zero-order valence-electron chi connectivity index (χ0n) is 10.2. The number of aromatic nitrogens is 2. The van der Waals surface area contributed by atoms with Crippen LogP contribution in [0.3, 0.4) is 0 Å². The Morgan fingerprint density at radius 3 is 2.89 bits per heavy atom. The Morgan fingerprint density at radius 1 is 1.37 bits per heavy atom. The molecular weight excluding hydrogens is 251 g/mol. The Hall–Kier alpha value is -2.44. The fourth-order valence-electron chi connectivity index (χ4n) is 2.12. The molecule has 1 fully saturated rings. The number of H-pyrrole nitrogens is 1. The highest BCUT2D eigenvalue weighted by Gasteiger charge is 2.27. The highest BCUT2D eigenvalue weighted by atomic mass is 19.1. The van der Waals surface area contributed by atoms with Crippen molar-refractivity contribution in [2.45, 2.75) is 13.3 Å². The molecule has 1 aromatic carbocycles. The molecule has 0 spiro atoms. The molecule has 0 unspecified atom stereocenters. The van der Waals surface area contributed by atoms with Crippen LogP contribution in [0.25, 0.3) is 10.9 Å². The van der Waals surface area contributed by atoms with E-state index in [0.717, 1.165) is 0 Å². The molecule has 0 bridgehead atoms. The summed E-state index contributed by atoms with van der Waals surface area (Å²) in [5.74, 6) is -0.369. The number of imide groups is 1. The summed E-state index contributed by atoms with van der Waals surface area (Å²) in [6.45, 7) is 1.89. The van der Waals surface area contributed by atoms with Gasteiger partial charge in [0.15, 0.2) is 11.6 Å². The number of carbonyl (C=O) groups excluding carboxylic acids is 2. The van der Waals surface area contributed by atoms with Gasteiger partial charge in [-0.05, 0) is 18.6 Å². The van der Waals surface area contributed by atoms with Gasteiger partial charge < -0.3 is 0 Å². The van der Waals surface area contributed by atoms with E-state index < -0.39 is 6.03 Å². The third kappa shape index (κ3) is 1.74. The first kappa shape index (κ1) is 11.6. The van der Waals surface area contributed by atoms with Crippen molar-refractivity contribution in [3.63, 3.8) is 0 Å². The second kappa shape index (κ2) is 4.04. The van der Waals surface area contributed by atoms with Crippen molar-refractivity contribution >= 4 is 28.7 Å². The zero-order chi connectivity index (χ0) is 13.6. The molecule has 3 amide bonds. The standard InChI is InChI=1S/C12H11FN4O2/c1-6-2-3-7-10(9(6)13)15-16-11(7)17-5-4-8(18)14-12(17)19/h2-3H,4-5H2,1H3,(H,15,16)(H,14,18,19). The molecule has 98 valence electrons. The van der Waals surface area contributed by atoms with Gasteiger partial charge in [0.2, 0.25) is 5.91 Å². The summed E-state index contributed by atoms with van der Waals surface area (Å²) in [5, 5.41) is 9.31. The van der Waals surface area contributed by atoms with Crippen molar-refractivity contribution in [2.75, 3.05) is 11.4 Å². The zero-order valence-corrected chi connectivity index (χ0v) is 10.2. The number of aryl methyl sites for hydroxylation is 1. The molecule has 1 aliphatic heterocycles. The normalized spacial score (nSPS) is 16.0. The fraction of sp³-hybridized carbons (Fsp3) is 0.250. The van der Waals surface area contributed by atoms with Crippen LogP contribution in [0, 0.1) is 12.7 Å². The van der Waals surface area contributed by atoms with Crippen LogP contribution in [0.1, 0.15) is 12.0 Å². The van der Waals surface area contributed by atoms with E-state index in [-0.39, 0.29) is 30.2 Å². The molecule has 0 aliphatic carbocycles. The van der Waals surface area contributed by atoms with E-state index in [1.54, 1.807) is 19.1 Å². The minimum Gasteiger partial charge on any atom is -0.278 e. The number of urea groups is 1. The van der Waals surface area contributed by atoms with Crippen molar-refractivity contribution in [1.82, 2.24) is 15.5 Å². The number of benzene rings is 1. The average Bonchev–Trinajstić information content (AvgIpc) is 2.78. The first-order valence-corrected chi connectivity index (χ1v) is 5.82. The highest BCUT2D eigenvalue weighted by molar-refractivity contribution is 6.08. The fourth-order valence-corrected chi connectivity index (χ4v) is 2.12. The van der Waals surface area contributed by atoms with Gasteiger partial charge in [-0.1, -0.05) is 6.07 Å². The predicted octanol–water partition coefficient (Wildman–Crippen LogP) is 1.46. The van der Waals surface area contributed by atoms with Crippen LogP contribution in [0.4, 0.5) is 15.0 Å². The molecular formula is C12H11FN4O2. The number of hydrogen-bond acceptors (Lipinski definition) is 3. The van der Waals surface area contributed by atoms with E-state index in [1.807, 2.05) is 0 Å². The summed E-state index contributed by atoms with van der Waals surface area (Å²) >= 11 is 0. The molecule has 0 atom stereocenters. The van der Waals surface area contributed by atoms with E-state index >= 15 is 0 Å². The smallest absolute Gasteiger partial charge is 0.278 e. The third-order valence-electron chi connectivity index (χ3n) is 3.16. The maximum atomic E-state index is 13.9. The van der Waals surface area contributed by atoms with Gasteiger partial charge in [-0.25, -0.2) is 9.18 Å². The highest BCUT2D eigenvalue weighted by Crippen LogP contribution is 2.28. The second-order valence-electron chi connectivity index (χ2n) is 4.42. The van der Waals surface area contributed by atoms with Gasteiger partial charge in [-0.2, -0.15) is 5.10 Å². The molecule has 0 radical (unpaired) electrons. The number of rotatable bonds is 1. The van der Waals surface area contributed by atoms with Gasteiger partial charge in [0.25, 0.3) is 0 Å². The SMILES string of the molecule is Cc1ccc2c(N3CCC(=O)NC3=O)n[nH]c2c1F. The summed E-state index contributed by atoms with van der Waals surface area (Å²) in [5.41, 5.74) is 0.765. The molecule has 3 rings (SSSR count). The van der Waals surface area contributed by atoms with Crippen molar-refractivity contribution < 1.29 is 14.0 Å². The van der Waals surface area contributed by atoms with Gasteiger partial charge in [-0.15, -0.1) is 0 Å². The largest absolute Gasteiger partial charge is 0.329 e. The molecule has 7 heteroatoms. The van der Waals surface area contributed by atoms with Crippen LogP contribution in [-0.4, -0.2) is 28.7 Å². The Labute approximate surface area is 107 Å². The topological polar surface area (TPSA) is 78.1 Å². The third-order valence-corrected chi connectivity index (χ3v) is 3.16. The van der Waals surface area contributed by atoms with Gasteiger partial charge in [0.05, 0.1) is 0 Å². The summed E-state index contributed by atoms with van der Waals surface area (Å²) in [6.07, 6.45) is 0.203. The van der Waals surface area contributed by atoms with E-state index in [0.29, 0.717) is 16.8 Å². The lowest BCUT2D eigenvalue weighted by Gasteiger charge is -2.24. The van der Waals surface area contributed by atoms with Crippen molar-refractivity contribution in [2.24, 2.45) is 0 Å². The van der Waals surface area contributed by atoms with Gasteiger partial charge in [0.1, 0.15) is 5.52 Å². The molecule has 19 heavy (non-hydrogen) atoms. The van der Waals surface area contributed by atoms with Crippen LogP contribution in [0.5, 0.6) is 0 Å². The maximum Gasteiger partial charge on any atom is 0.329 e. The molecule has 2 aromatic rings. The number of aromatic amines is 1. The summed E-state index contributed by atoms with van der Waals surface area (Å²) in [7, 11) is 0. The van der Waals surface area contributed by atoms with E-state index in [4.69, 9.17) is 0 Å². The van der Waals surface area contributed by atoms with E-state index in [1.165, 1.54) is 4.90 Å². The molecule has 2 N–H and O–H groups in total. The van der Waals surface area contributed by atoms with Crippen molar-refractivity contribution in [1.29, 1.82) is 0 Å². The Bertz CT molecular complexity index is 694. The van der Waals surface area contributed by atoms with Crippen molar-refractivity contribution in [3.05, 3.63) is 23.5 Å². The average molecular weight is 262 g/mol. The summed E-state index contributed by atoms with van der Waals surface area (Å²) in [4.78, 5) is 24.2. The van der Waals surface area contributed by atoms with Gasteiger partial charge in [-0.3, -0.25) is 20.1 Å². The summed E-state index contributed by atoms with van der Waals surface area (Å²) < 4.78 is 13.9. The van der Waals surface area contributed by atoms with Crippen LogP contribution < -0.4 is 10.2 Å². The van der Waals surface area contributed by atoms with Crippen molar-refractivity contribution in [3.8, 4) is 0 Å². The first-order chi connectivity index (χ1) is 9.08. The Balaban J connectivity index is 2.09. The Kier molecular flexibility index (Phi) is 2.48. The van der Waals surface area contributed by atoms with Crippen LogP contribution in [0.15, 0.2) is 12.1 Å². The first-order valence-electron chi connectivity index (χ1n) is 5.82. The van der Waals surface area contributed by atoms with Crippen LogP contribution in [0.2, 0.25) is 0 Å². The Morgan fingerprint density at radius 2 is 2.16 bits per heavy atom. The molecule has 1 saturated heterocycles. The number of nitrogens with one attached hydrogen (secondary N) is 2. The molecule has 2 heterocycles. The maximum absolute atomic E-state index is 13.9. The quantitative estimate of drug-likeness (QED) is 0.816. The molecule has 0 saturated carbocycles. The van der Waals surface area contributed by atoms with Crippen LogP contribution in [-0.2, 0) is 4.79 Å². The number of hydrogen-bond donors (Lipinski definition) is 2. The monoisotopic (exact) mass is 262 g/mol.